The highest BCUT2D eigenvalue weighted by molar-refractivity contribution is 7.91. The second kappa shape index (κ2) is 11.4. The number of hydrogen-bond donors (Lipinski definition) is 2. The summed E-state index contributed by atoms with van der Waals surface area (Å²) in [5.74, 6) is -0.475. The number of primary amides is 1. The first-order valence-corrected chi connectivity index (χ1v) is 13.4. The quantitative estimate of drug-likeness (QED) is 0.581. The molecule has 0 unspecified atom stereocenters. The third kappa shape index (κ3) is 5.42. The number of nitrogens with zero attached hydrogens (tertiary/aromatic N) is 1. The number of rotatable bonds is 7. The topological polar surface area (TPSA) is 102 Å². The Morgan fingerprint density at radius 1 is 1.14 bits per heavy atom. The van der Waals surface area contributed by atoms with E-state index in [2.05, 4.69) is 54.7 Å². The average molecular weight is 522 g/mol. The lowest BCUT2D eigenvalue weighted by Crippen LogP contribution is -2.59. The van der Waals surface area contributed by atoms with Gasteiger partial charge in [-0.15, -0.1) is 12.4 Å². The van der Waals surface area contributed by atoms with Crippen LogP contribution in [0.25, 0.3) is 11.1 Å². The number of ether oxygens (including phenoxy) is 1. The predicted octanol–water partition coefficient (Wildman–Crippen LogP) is 3.35. The molecule has 2 aromatic carbocycles. The van der Waals surface area contributed by atoms with Gasteiger partial charge in [-0.3, -0.25) is 4.79 Å². The zero-order valence-corrected chi connectivity index (χ0v) is 22.1. The maximum atomic E-state index is 13.4. The van der Waals surface area contributed by atoms with E-state index >= 15 is 0 Å². The summed E-state index contributed by atoms with van der Waals surface area (Å²) in [6.45, 7) is 4.23. The zero-order chi connectivity index (χ0) is 24.3. The first kappa shape index (κ1) is 27.6. The average Bonchev–Trinajstić information content (AvgIpc) is 2.84. The van der Waals surface area contributed by atoms with Crippen LogP contribution in [0.15, 0.2) is 42.5 Å². The van der Waals surface area contributed by atoms with Crippen molar-refractivity contribution in [1.82, 2.24) is 9.62 Å². The van der Waals surface area contributed by atoms with Crippen molar-refractivity contribution >= 4 is 28.3 Å². The number of aryl methyl sites for hydroxylation is 1. The van der Waals surface area contributed by atoms with Gasteiger partial charge in [-0.1, -0.05) is 36.4 Å². The molecule has 2 heterocycles. The van der Waals surface area contributed by atoms with Crippen LogP contribution in [0.3, 0.4) is 0 Å². The normalized spacial score (nSPS) is 19.1. The van der Waals surface area contributed by atoms with Crippen molar-refractivity contribution in [3.05, 3.63) is 59.2 Å². The molecule has 2 aliphatic heterocycles. The van der Waals surface area contributed by atoms with E-state index < -0.39 is 20.7 Å². The van der Waals surface area contributed by atoms with Crippen LogP contribution in [0.1, 0.15) is 48.3 Å². The number of carbonyl (C=O) groups excluding carboxylic acids is 1. The molecule has 2 aromatic rings. The smallest absolute Gasteiger partial charge is 0.240 e. The molecule has 0 bridgehead atoms. The molecule has 0 aliphatic carbocycles. The molecular formula is C26H36ClN3O4S. The van der Waals surface area contributed by atoms with Crippen LogP contribution in [-0.4, -0.2) is 56.7 Å². The summed E-state index contributed by atoms with van der Waals surface area (Å²) in [5, 5.41) is 3.19. The molecule has 0 spiro atoms. The molecule has 9 heteroatoms. The van der Waals surface area contributed by atoms with E-state index in [9.17, 15) is 13.2 Å². The third-order valence-corrected chi connectivity index (χ3v) is 10.0. The van der Waals surface area contributed by atoms with Gasteiger partial charge in [-0.2, -0.15) is 0 Å². The summed E-state index contributed by atoms with van der Waals surface area (Å²) in [6.07, 6.45) is 1.70. The molecule has 1 amide bonds. The van der Waals surface area contributed by atoms with Gasteiger partial charge < -0.3 is 15.8 Å². The Morgan fingerprint density at radius 2 is 1.83 bits per heavy atom. The maximum absolute atomic E-state index is 13.4. The van der Waals surface area contributed by atoms with Crippen molar-refractivity contribution in [2.24, 2.45) is 5.73 Å². The zero-order valence-electron chi connectivity index (χ0n) is 20.5. The van der Waals surface area contributed by atoms with Crippen LogP contribution >= 0.6 is 12.4 Å². The summed E-state index contributed by atoms with van der Waals surface area (Å²) < 4.78 is 32.1. The van der Waals surface area contributed by atoms with E-state index in [0.29, 0.717) is 13.1 Å². The fourth-order valence-electron chi connectivity index (χ4n) is 5.33. The van der Waals surface area contributed by atoms with Gasteiger partial charge in [0.15, 0.2) is 4.75 Å². The Balaban J connectivity index is 0.00000342. The van der Waals surface area contributed by atoms with Crippen molar-refractivity contribution in [2.45, 2.75) is 49.8 Å². The first-order chi connectivity index (χ1) is 16.3. The predicted molar refractivity (Wildman–Crippen MR) is 141 cm³/mol. The van der Waals surface area contributed by atoms with Crippen LogP contribution in [0, 0.1) is 6.92 Å². The van der Waals surface area contributed by atoms with Crippen molar-refractivity contribution < 1.29 is 17.9 Å². The van der Waals surface area contributed by atoms with Crippen molar-refractivity contribution in [1.29, 1.82) is 0 Å². The molecule has 2 aliphatic rings. The van der Waals surface area contributed by atoms with Gasteiger partial charge in [-0.05, 0) is 66.6 Å². The standard InChI is InChI=1S/C26H35N3O4S.ClH/c1-19-16-22(6-7-24(19)23-5-3-4-20(17-23)18-28-2)21-8-12-29(13-9-21)34(31,32)26(25(27)30)10-14-33-15-11-26;/h3-7,16-17,21,28H,8-15,18H2,1-2H3,(H2,27,30);1H. The lowest BCUT2D eigenvalue weighted by Gasteiger charge is -2.40. The van der Waals surface area contributed by atoms with Gasteiger partial charge in [0.05, 0.1) is 0 Å². The second-order valence-corrected chi connectivity index (χ2v) is 11.7. The number of nitrogens with one attached hydrogen (secondary N) is 1. The van der Waals surface area contributed by atoms with Crippen LogP contribution in [0.5, 0.6) is 0 Å². The number of benzene rings is 2. The van der Waals surface area contributed by atoms with E-state index in [1.54, 1.807) is 0 Å². The molecule has 35 heavy (non-hydrogen) atoms. The minimum absolute atomic E-state index is 0. The molecule has 0 aromatic heterocycles. The van der Waals surface area contributed by atoms with E-state index in [1.807, 2.05) is 7.05 Å². The van der Waals surface area contributed by atoms with Gasteiger partial charge in [0, 0.05) is 45.7 Å². The summed E-state index contributed by atoms with van der Waals surface area (Å²) in [4.78, 5) is 12.3. The van der Waals surface area contributed by atoms with Crippen LogP contribution in [-0.2, 0) is 26.1 Å². The molecule has 4 rings (SSSR count). The Kier molecular flexibility index (Phi) is 8.99. The highest BCUT2D eigenvalue weighted by atomic mass is 35.5. The third-order valence-electron chi connectivity index (χ3n) is 7.38. The minimum Gasteiger partial charge on any atom is -0.381 e. The van der Waals surface area contributed by atoms with Crippen molar-refractivity contribution in [3.63, 3.8) is 0 Å². The van der Waals surface area contributed by atoms with Crippen molar-refractivity contribution in [3.8, 4) is 11.1 Å². The molecule has 0 saturated carbocycles. The molecule has 0 radical (unpaired) electrons. The Bertz CT molecular complexity index is 1140. The van der Waals surface area contributed by atoms with Gasteiger partial charge in [0.2, 0.25) is 15.9 Å². The van der Waals surface area contributed by atoms with E-state index in [1.165, 1.54) is 32.1 Å². The second-order valence-electron chi connectivity index (χ2n) is 9.45. The summed E-state index contributed by atoms with van der Waals surface area (Å²) >= 11 is 0. The molecule has 7 nitrogen and oxygen atoms in total. The van der Waals surface area contributed by atoms with Crippen LogP contribution in [0.2, 0.25) is 0 Å². The van der Waals surface area contributed by atoms with Gasteiger partial charge in [-0.25, -0.2) is 12.7 Å². The Morgan fingerprint density at radius 3 is 2.43 bits per heavy atom. The SMILES string of the molecule is CNCc1cccc(-c2ccc(C3CCN(S(=O)(=O)C4(C(N)=O)CCOCC4)CC3)cc2C)c1.Cl. The van der Waals surface area contributed by atoms with Gasteiger partial charge in [0.25, 0.3) is 0 Å². The van der Waals surface area contributed by atoms with E-state index in [-0.39, 0.29) is 44.4 Å². The fourth-order valence-corrected chi connectivity index (χ4v) is 7.45. The molecule has 3 N–H and O–H groups in total. The van der Waals surface area contributed by atoms with Crippen molar-refractivity contribution in [2.75, 3.05) is 33.4 Å². The summed E-state index contributed by atoms with van der Waals surface area (Å²) in [7, 11) is -1.89. The molecule has 192 valence electrons. The number of halogens is 1. The maximum Gasteiger partial charge on any atom is 0.240 e. The lowest BCUT2D eigenvalue weighted by molar-refractivity contribution is -0.123. The van der Waals surface area contributed by atoms with Crippen LogP contribution < -0.4 is 11.1 Å². The number of sulfonamides is 1. The number of carbonyl (C=O) groups is 1. The molecular weight excluding hydrogens is 486 g/mol. The Hall–Kier alpha value is -1.97. The number of amides is 1. The van der Waals surface area contributed by atoms with E-state index in [0.717, 1.165) is 19.4 Å². The Labute approximate surface area is 214 Å². The van der Waals surface area contributed by atoms with Gasteiger partial charge >= 0.3 is 0 Å². The number of hydrogen-bond acceptors (Lipinski definition) is 5. The highest BCUT2D eigenvalue weighted by Crippen LogP contribution is 2.37. The van der Waals surface area contributed by atoms with Gasteiger partial charge in [0.1, 0.15) is 0 Å². The minimum atomic E-state index is -3.84. The molecule has 2 saturated heterocycles. The van der Waals surface area contributed by atoms with Crippen LogP contribution in [0.4, 0.5) is 0 Å². The van der Waals surface area contributed by atoms with E-state index in [4.69, 9.17) is 10.5 Å². The summed E-state index contributed by atoms with van der Waals surface area (Å²) in [5.41, 5.74) is 11.7. The highest BCUT2D eigenvalue weighted by Gasteiger charge is 2.53. The summed E-state index contributed by atoms with van der Waals surface area (Å²) in [6, 6.07) is 15.1. The molecule has 0 atom stereocenters. The fraction of sp³-hybridized carbons (Fsp3) is 0.500. The number of nitrogens with two attached hydrogens (primary N) is 1. The lowest BCUT2D eigenvalue weighted by atomic mass is 9.87. The monoisotopic (exact) mass is 521 g/mol. The largest absolute Gasteiger partial charge is 0.381 e. The number of piperidine rings is 1. The molecule has 2 fully saturated rings. The first-order valence-electron chi connectivity index (χ1n) is 12.0.